The summed E-state index contributed by atoms with van der Waals surface area (Å²) in [4.78, 5) is 24.2. The highest BCUT2D eigenvalue weighted by molar-refractivity contribution is 5.83. The molecule has 2 saturated carbocycles. The Labute approximate surface area is 190 Å². The number of carbonyl (C=O) groups is 1. The van der Waals surface area contributed by atoms with E-state index < -0.39 is 0 Å². The monoisotopic (exact) mass is 434 g/mol. The average molecular weight is 435 g/mol. The lowest BCUT2D eigenvalue weighted by Crippen LogP contribution is -2.41. The fraction of sp³-hybridized carbons (Fsp3) is 0.577. The van der Waals surface area contributed by atoms with Gasteiger partial charge in [-0.2, -0.15) is 0 Å². The van der Waals surface area contributed by atoms with Crippen molar-refractivity contribution in [1.82, 2.24) is 14.9 Å². The van der Waals surface area contributed by atoms with Gasteiger partial charge in [0.05, 0.1) is 7.11 Å². The Bertz CT molecular complexity index is 980. The van der Waals surface area contributed by atoms with Crippen molar-refractivity contribution in [3.63, 3.8) is 0 Å². The molecule has 1 N–H and O–H groups in total. The highest BCUT2D eigenvalue weighted by Gasteiger charge is 2.61. The molecule has 0 bridgehead atoms. The number of amides is 1. The number of aromatic nitrogens is 2. The number of carbonyl (C=O) groups excluding carboxylic acids is 1. The van der Waals surface area contributed by atoms with Crippen molar-refractivity contribution < 1.29 is 9.53 Å². The molecule has 1 spiro atoms. The number of hydrogen-bond donors (Lipinski definition) is 1. The van der Waals surface area contributed by atoms with Gasteiger partial charge in [0.2, 0.25) is 5.91 Å². The third-order valence-electron chi connectivity index (χ3n) is 7.76. The molecule has 6 nitrogen and oxygen atoms in total. The van der Waals surface area contributed by atoms with Gasteiger partial charge in [0, 0.05) is 37.3 Å². The van der Waals surface area contributed by atoms with Gasteiger partial charge in [0.25, 0.3) is 0 Å². The van der Waals surface area contributed by atoms with Crippen LogP contribution >= 0.6 is 0 Å². The Balaban J connectivity index is 1.14. The van der Waals surface area contributed by atoms with Gasteiger partial charge in [-0.15, -0.1) is 0 Å². The molecule has 5 rings (SSSR count). The SMILES string of the molecule is COc1cccc(CNc2cc(CC3CCN(C(=O)[C@@H]4CC45CCC5)CC3)nc(C)n2)c1. The summed E-state index contributed by atoms with van der Waals surface area (Å²) in [6, 6.07) is 10.1. The van der Waals surface area contributed by atoms with Crippen LogP contribution in [0.2, 0.25) is 0 Å². The van der Waals surface area contributed by atoms with Crippen molar-refractivity contribution in [2.75, 3.05) is 25.5 Å². The molecular formula is C26H34N4O2. The molecule has 1 aliphatic heterocycles. The molecule has 0 unspecified atom stereocenters. The highest BCUT2D eigenvalue weighted by atomic mass is 16.5. The number of ether oxygens (including phenoxy) is 1. The molecule has 1 aromatic heterocycles. The normalized spacial score (nSPS) is 21.8. The van der Waals surface area contributed by atoms with Gasteiger partial charge in [-0.3, -0.25) is 4.79 Å². The van der Waals surface area contributed by atoms with Gasteiger partial charge < -0.3 is 15.0 Å². The lowest BCUT2D eigenvalue weighted by Gasteiger charge is -2.34. The molecule has 6 heteroatoms. The average Bonchev–Trinajstić information content (AvgIpc) is 3.55. The summed E-state index contributed by atoms with van der Waals surface area (Å²) in [7, 11) is 1.68. The number of nitrogens with one attached hydrogen (secondary N) is 1. The number of nitrogens with zero attached hydrogens (tertiary/aromatic N) is 3. The number of anilines is 1. The summed E-state index contributed by atoms with van der Waals surface area (Å²) in [6.45, 7) is 4.45. The van der Waals surface area contributed by atoms with Crippen LogP contribution in [-0.2, 0) is 17.8 Å². The molecule has 1 amide bonds. The van der Waals surface area contributed by atoms with Crippen molar-refractivity contribution >= 4 is 11.7 Å². The zero-order valence-corrected chi connectivity index (χ0v) is 19.3. The summed E-state index contributed by atoms with van der Waals surface area (Å²) in [5, 5.41) is 3.43. The van der Waals surface area contributed by atoms with Crippen LogP contribution in [0, 0.1) is 24.2 Å². The molecule has 2 aromatic rings. The highest BCUT2D eigenvalue weighted by Crippen LogP contribution is 2.66. The fourth-order valence-corrected chi connectivity index (χ4v) is 5.55. The van der Waals surface area contributed by atoms with E-state index in [1.54, 1.807) is 7.11 Å². The second-order valence-corrected chi connectivity index (χ2v) is 9.94. The first kappa shape index (κ1) is 21.2. The largest absolute Gasteiger partial charge is 0.497 e. The van der Waals surface area contributed by atoms with E-state index >= 15 is 0 Å². The lowest BCUT2D eigenvalue weighted by molar-refractivity contribution is -0.135. The molecule has 0 radical (unpaired) electrons. The first-order valence-corrected chi connectivity index (χ1v) is 12.0. The minimum absolute atomic E-state index is 0.343. The molecule has 32 heavy (non-hydrogen) atoms. The minimum atomic E-state index is 0.343. The predicted octanol–water partition coefficient (Wildman–Crippen LogP) is 4.38. The van der Waals surface area contributed by atoms with E-state index in [4.69, 9.17) is 4.74 Å². The Hall–Kier alpha value is -2.63. The zero-order chi connectivity index (χ0) is 22.1. The van der Waals surface area contributed by atoms with Crippen LogP contribution in [0.25, 0.3) is 0 Å². The Morgan fingerprint density at radius 2 is 2.03 bits per heavy atom. The van der Waals surface area contributed by atoms with Gasteiger partial charge >= 0.3 is 0 Å². The molecule has 170 valence electrons. The second kappa shape index (κ2) is 8.72. The van der Waals surface area contributed by atoms with Crippen LogP contribution in [-0.4, -0.2) is 41.0 Å². The van der Waals surface area contributed by atoms with Crippen LogP contribution in [0.3, 0.4) is 0 Å². The second-order valence-electron chi connectivity index (χ2n) is 9.94. The van der Waals surface area contributed by atoms with Crippen molar-refractivity contribution in [1.29, 1.82) is 0 Å². The molecule has 1 aromatic carbocycles. The number of aryl methyl sites for hydroxylation is 1. The van der Waals surface area contributed by atoms with Gasteiger partial charge in [-0.25, -0.2) is 9.97 Å². The van der Waals surface area contributed by atoms with E-state index in [0.717, 1.165) is 67.4 Å². The third-order valence-corrected chi connectivity index (χ3v) is 7.76. The fourth-order valence-electron chi connectivity index (χ4n) is 5.55. The summed E-state index contributed by atoms with van der Waals surface area (Å²) in [5.41, 5.74) is 2.67. The van der Waals surface area contributed by atoms with Crippen molar-refractivity contribution in [3.05, 3.63) is 47.4 Å². The summed E-state index contributed by atoms with van der Waals surface area (Å²) in [5.74, 6) is 3.88. The smallest absolute Gasteiger partial charge is 0.226 e. The summed E-state index contributed by atoms with van der Waals surface area (Å²) < 4.78 is 5.31. The molecule has 1 saturated heterocycles. The molecule has 3 fully saturated rings. The first-order valence-electron chi connectivity index (χ1n) is 12.0. The van der Waals surface area contributed by atoms with Crippen LogP contribution < -0.4 is 10.1 Å². The van der Waals surface area contributed by atoms with Crippen LogP contribution in [0.1, 0.15) is 55.6 Å². The molecule has 2 heterocycles. The number of methoxy groups -OCH3 is 1. The molecule has 3 aliphatic rings. The van der Waals surface area contributed by atoms with Crippen molar-refractivity contribution in [3.8, 4) is 5.75 Å². The Morgan fingerprint density at radius 3 is 2.72 bits per heavy atom. The van der Waals surface area contributed by atoms with Gasteiger partial charge in [0.15, 0.2) is 0 Å². The van der Waals surface area contributed by atoms with Crippen molar-refractivity contribution in [2.24, 2.45) is 17.3 Å². The van der Waals surface area contributed by atoms with E-state index in [-0.39, 0.29) is 0 Å². The van der Waals surface area contributed by atoms with E-state index in [1.165, 1.54) is 19.3 Å². The van der Waals surface area contributed by atoms with Gasteiger partial charge in [-0.1, -0.05) is 18.6 Å². The quantitative estimate of drug-likeness (QED) is 0.701. The maximum absolute atomic E-state index is 12.8. The van der Waals surface area contributed by atoms with E-state index in [2.05, 4.69) is 32.3 Å². The molecule has 1 atom stereocenters. The zero-order valence-electron chi connectivity index (χ0n) is 19.3. The topological polar surface area (TPSA) is 67.3 Å². The number of piperidine rings is 1. The standard InChI is InChI=1S/C26H34N4O2/c1-18-28-21(15-24(29-18)27-17-20-5-3-6-22(14-20)32-2)13-19-7-11-30(12-8-19)25(31)23-16-26(23)9-4-10-26/h3,5-6,14-15,19,23H,4,7-13,16-17H2,1-2H3,(H,27,28,29)/t23-/m0/s1. The van der Waals surface area contributed by atoms with Crippen LogP contribution in [0.5, 0.6) is 5.75 Å². The summed E-state index contributed by atoms with van der Waals surface area (Å²) in [6.07, 6.45) is 8.12. The number of hydrogen-bond acceptors (Lipinski definition) is 5. The number of rotatable bonds is 7. The maximum Gasteiger partial charge on any atom is 0.226 e. The maximum atomic E-state index is 12.8. The first-order chi connectivity index (χ1) is 15.5. The third kappa shape index (κ3) is 4.45. The minimum Gasteiger partial charge on any atom is -0.497 e. The van der Waals surface area contributed by atoms with E-state index in [9.17, 15) is 4.79 Å². The summed E-state index contributed by atoms with van der Waals surface area (Å²) >= 11 is 0. The van der Waals surface area contributed by atoms with E-state index in [1.807, 2.05) is 25.1 Å². The predicted molar refractivity (Wildman–Crippen MR) is 124 cm³/mol. The number of likely N-dealkylation sites (tertiary alicyclic amines) is 1. The molecule has 2 aliphatic carbocycles. The van der Waals surface area contributed by atoms with Gasteiger partial charge in [0.1, 0.15) is 17.4 Å². The van der Waals surface area contributed by atoms with E-state index in [0.29, 0.717) is 29.7 Å². The Morgan fingerprint density at radius 1 is 1.22 bits per heavy atom. The number of benzene rings is 1. The van der Waals surface area contributed by atoms with Crippen LogP contribution in [0.4, 0.5) is 5.82 Å². The Kier molecular flexibility index (Phi) is 5.78. The van der Waals surface area contributed by atoms with Crippen molar-refractivity contribution in [2.45, 2.75) is 58.4 Å². The molecular weight excluding hydrogens is 400 g/mol. The van der Waals surface area contributed by atoms with Gasteiger partial charge in [-0.05, 0) is 74.5 Å². The van der Waals surface area contributed by atoms with Crippen LogP contribution in [0.15, 0.2) is 30.3 Å². The lowest BCUT2D eigenvalue weighted by atomic mass is 9.79.